The Labute approximate surface area is 311 Å². The monoisotopic (exact) mass is 749 g/mol. The van der Waals surface area contributed by atoms with Gasteiger partial charge in [-0.1, -0.05) is 54.3 Å². The fraction of sp³-hybridized carbons (Fsp3) is 0.184. The van der Waals surface area contributed by atoms with E-state index in [1.807, 2.05) is 64.2 Å². The molecule has 0 unspecified atom stereocenters. The van der Waals surface area contributed by atoms with Gasteiger partial charge in [0.15, 0.2) is 11.5 Å². The molecule has 4 aromatic carbocycles. The SMILES string of the molecule is O=C(NS(=O)(=O)c1ccc(NCCSc2ccccc2)c([N+](=O)[O-])c1)c1ccc(N2CCN(Cc3ccccc3C#Cc3cccc(O)c3)CC2)nn1. The number of carbonyl (C=O) groups is 1. The maximum absolute atomic E-state index is 13.1. The summed E-state index contributed by atoms with van der Waals surface area (Å²) in [6, 6.07) is 30.9. The fourth-order valence-corrected chi connectivity index (χ4v) is 7.35. The van der Waals surface area contributed by atoms with E-state index in [0.29, 0.717) is 37.7 Å². The summed E-state index contributed by atoms with van der Waals surface area (Å²) in [6.45, 7) is 3.89. The highest BCUT2D eigenvalue weighted by Crippen LogP contribution is 2.28. The van der Waals surface area contributed by atoms with Gasteiger partial charge in [-0.3, -0.25) is 19.8 Å². The van der Waals surface area contributed by atoms with Crippen LogP contribution in [0.3, 0.4) is 0 Å². The van der Waals surface area contributed by atoms with Crippen molar-refractivity contribution < 1.29 is 23.2 Å². The van der Waals surface area contributed by atoms with Crippen molar-refractivity contribution in [3.8, 4) is 17.6 Å². The van der Waals surface area contributed by atoms with Gasteiger partial charge in [-0.15, -0.1) is 22.0 Å². The van der Waals surface area contributed by atoms with Crippen LogP contribution in [0.25, 0.3) is 0 Å². The molecule has 1 aliphatic heterocycles. The lowest BCUT2D eigenvalue weighted by Crippen LogP contribution is -2.46. The van der Waals surface area contributed by atoms with E-state index >= 15 is 0 Å². The van der Waals surface area contributed by atoms with Crippen LogP contribution in [0.4, 0.5) is 17.2 Å². The van der Waals surface area contributed by atoms with Gasteiger partial charge in [-0.25, -0.2) is 13.1 Å². The third-order valence-electron chi connectivity index (χ3n) is 8.31. The Morgan fingerprint density at radius 2 is 1.66 bits per heavy atom. The van der Waals surface area contributed by atoms with Gasteiger partial charge in [0, 0.05) is 67.1 Å². The smallest absolute Gasteiger partial charge is 0.293 e. The lowest BCUT2D eigenvalue weighted by Gasteiger charge is -2.35. The first kappa shape index (κ1) is 36.8. The number of benzene rings is 4. The van der Waals surface area contributed by atoms with Gasteiger partial charge in [0.1, 0.15) is 11.4 Å². The van der Waals surface area contributed by atoms with Crippen LogP contribution in [0, 0.1) is 22.0 Å². The Morgan fingerprint density at radius 3 is 2.40 bits per heavy atom. The highest BCUT2D eigenvalue weighted by Gasteiger charge is 2.25. The Hall–Kier alpha value is -5.95. The number of hydrogen-bond donors (Lipinski definition) is 3. The zero-order valence-electron chi connectivity index (χ0n) is 28.4. The van der Waals surface area contributed by atoms with Crippen LogP contribution >= 0.6 is 11.8 Å². The van der Waals surface area contributed by atoms with Crippen LogP contribution in [0.1, 0.15) is 27.2 Å². The summed E-state index contributed by atoms with van der Waals surface area (Å²) in [6.07, 6.45) is 0. The zero-order valence-corrected chi connectivity index (χ0v) is 30.0. The molecule has 6 rings (SSSR count). The Kier molecular flexibility index (Phi) is 11.8. The van der Waals surface area contributed by atoms with Gasteiger partial charge >= 0.3 is 0 Å². The quantitative estimate of drug-likeness (QED) is 0.0506. The summed E-state index contributed by atoms with van der Waals surface area (Å²) in [5, 5.41) is 32.7. The minimum atomic E-state index is -4.47. The normalized spacial score (nSPS) is 13.1. The lowest BCUT2D eigenvalue weighted by molar-refractivity contribution is -0.384. The summed E-state index contributed by atoms with van der Waals surface area (Å²) in [7, 11) is -4.47. The molecule has 0 atom stereocenters. The highest BCUT2D eigenvalue weighted by molar-refractivity contribution is 7.99. The number of anilines is 2. The number of nitrogens with zero attached hydrogens (tertiary/aromatic N) is 5. The Morgan fingerprint density at radius 1 is 0.887 bits per heavy atom. The molecule has 1 amide bonds. The number of amides is 1. The molecule has 2 heterocycles. The molecule has 1 aliphatic rings. The number of phenols is 1. The van der Waals surface area contributed by atoms with Crippen LogP contribution in [-0.2, 0) is 16.6 Å². The van der Waals surface area contributed by atoms with E-state index < -0.39 is 31.4 Å². The van der Waals surface area contributed by atoms with Crippen LogP contribution in [0.5, 0.6) is 5.75 Å². The minimum Gasteiger partial charge on any atom is -0.508 e. The topological polar surface area (TPSA) is 171 Å². The molecule has 270 valence electrons. The second-order valence-corrected chi connectivity index (χ2v) is 14.8. The molecule has 1 fully saturated rings. The largest absolute Gasteiger partial charge is 0.508 e. The molecule has 53 heavy (non-hydrogen) atoms. The van der Waals surface area contributed by atoms with Crippen molar-refractivity contribution in [2.75, 3.05) is 48.7 Å². The molecule has 3 N–H and O–H groups in total. The standard InChI is InChI=1S/C38H35N7O6S2/c46-31-10-6-7-28(25-31)13-14-29-8-4-5-9-30(29)27-43-20-22-44(23-21-43)37-18-17-35(40-41-37)38(47)42-53(50,51)33-15-16-34(36(26-33)45(48)49)39-19-24-52-32-11-2-1-3-12-32/h1-12,15-18,25-26,39,46H,19-24,27H2,(H,42,47). The third-order valence-corrected chi connectivity index (χ3v) is 10.7. The van der Waals surface area contributed by atoms with Crippen LogP contribution in [0.15, 0.2) is 119 Å². The van der Waals surface area contributed by atoms with Crippen molar-refractivity contribution in [2.24, 2.45) is 0 Å². The molecule has 13 nitrogen and oxygen atoms in total. The van der Waals surface area contributed by atoms with Crippen molar-refractivity contribution in [1.82, 2.24) is 19.8 Å². The third kappa shape index (κ3) is 9.89. The molecule has 5 aromatic rings. The van der Waals surface area contributed by atoms with Crippen molar-refractivity contribution in [1.29, 1.82) is 0 Å². The average Bonchev–Trinajstić information content (AvgIpc) is 3.17. The number of carbonyl (C=O) groups excluding carboxylic acids is 1. The molecule has 1 saturated heterocycles. The molecule has 0 radical (unpaired) electrons. The Balaban J connectivity index is 1.02. The van der Waals surface area contributed by atoms with Crippen LogP contribution in [-0.4, -0.2) is 77.9 Å². The number of nitro benzene ring substituents is 1. The second kappa shape index (κ2) is 17.0. The number of phenolic OH excluding ortho intramolecular Hbond substituents is 1. The molecule has 0 bridgehead atoms. The van der Waals surface area contributed by atoms with E-state index in [4.69, 9.17) is 0 Å². The van der Waals surface area contributed by atoms with Gasteiger partial charge in [0.2, 0.25) is 0 Å². The van der Waals surface area contributed by atoms with Crippen molar-refractivity contribution in [2.45, 2.75) is 16.3 Å². The molecule has 0 saturated carbocycles. The van der Waals surface area contributed by atoms with Crippen LogP contribution < -0.4 is 14.9 Å². The van der Waals surface area contributed by atoms with Crippen molar-refractivity contribution in [3.05, 3.63) is 142 Å². The highest BCUT2D eigenvalue weighted by atomic mass is 32.2. The van der Waals surface area contributed by atoms with Gasteiger partial charge in [0.05, 0.1) is 9.82 Å². The number of nitro groups is 1. The van der Waals surface area contributed by atoms with Gasteiger partial charge < -0.3 is 15.3 Å². The Bertz CT molecular complexity index is 2250. The van der Waals surface area contributed by atoms with Crippen molar-refractivity contribution >= 4 is 44.9 Å². The average molecular weight is 750 g/mol. The number of rotatable bonds is 12. The lowest BCUT2D eigenvalue weighted by atomic mass is 10.1. The van der Waals surface area contributed by atoms with Crippen LogP contribution in [0.2, 0.25) is 0 Å². The van der Waals surface area contributed by atoms with E-state index in [1.165, 1.54) is 18.2 Å². The molecule has 15 heteroatoms. The maximum atomic E-state index is 13.1. The van der Waals surface area contributed by atoms with E-state index in [2.05, 4.69) is 38.3 Å². The van der Waals surface area contributed by atoms with Gasteiger partial charge in [0.25, 0.3) is 21.6 Å². The van der Waals surface area contributed by atoms with E-state index in [1.54, 1.807) is 36.0 Å². The summed E-state index contributed by atoms with van der Waals surface area (Å²) >= 11 is 1.58. The molecule has 1 aromatic heterocycles. The number of piperazine rings is 1. The number of aromatic nitrogens is 2. The number of aromatic hydroxyl groups is 1. The first-order valence-electron chi connectivity index (χ1n) is 16.6. The van der Waals surface area contributed by atoms with E-state index in [-0.39, 0.29) is 17.1 Å². The predicted octanol–water partition coefficient (Wildman–Crippen LogP) is 5.14. The molecule has 0 aliphatic carbocycles. The number of hydrogen-bond acceptors (Lipinski definition) is 12. The second-order valence-electron chi connectivity index (χ2n) is 12.0. The summed E-state index contributed by atoms with van der Waals surface area (Å²) in [5.74, 6) is 6.67. The predicted molar refractivity (Wildman–Crippen MR) is 203 cm³/mol. The summed E-state index contributed by atoms with van der Waals surface area (Å²) in [4.78, 5) is 29.0. The minimum absolute atomic E-state index is 0.164. The molecule has 0 spiro atoms. The zero-order chi connectivity index (χ0) is 37.2. The first-order chi connectivity index (χ1) is 25.6. The summed E-state index contributed by atoms with van der Waals surface area (Å²) < 4.78 is 28.1. The number of nitrogens with one attached hydrogen (secondary N) is 2. The van der Waals surface area contributed by atoms with Gasteiger partial charge in [-0.05, 0) is 66.2 Å². The molecular formula is C38H35N7O6S2. The van der Waals surface area contributed by atoms with E-state index in [0.717, 1.165) is 40.7 Å². The van der Waals surface area contributed by atoms with Crippen molar-refractivity contribution in [3.63, 3.8) is 0 Å². The maximum Gasteiger partial charge on any atom is 0.293 e. The van der Waals surface area contributed by atoms with E-state index in [9.17, 15) is 28.4 Å². The van der Waals surface area contributed by atoms with Gasteiger partial charge in [-0.2, -0.15) is 0 Å². The fourth-order valence-electron chi connectivity index (χ4n) is 5.58. The number of thioether (sulfide) groups is 1. The number of sulfonamides is 1. The molecular weight excluding hydrogens is 715 g/mol. The summed E-state index contributed by atoms with van der Waals surface area (Å²) in [5.41, 5.74) is 2.25. The first-order valence-corrected chi connectivity index (χ1v) is 19.1.